The van der Waals surface area contributed by atoms with Crippen LogP contribution < -0.4 is 11.1 Å². The molecule has 0 atom stereocenters. The maximum atomic E-state index is 11.4. The van der Waals surface area contributed by atoms with Crippen LogP contribution in [0.5, 0.6) is 0 Å². The smallest absolute Gasteiger partial charge is 0.220 e. The summed E-state index contributed by atoms with van der Waals surface area (Å²) in [6, 6.07) is 0.331. The lowest BCUT2D eigenvalue weighted by atomic mass is 9.68. The summed E-state index contributed by atoms with van der Waals surface area (Å²) in [7, 11) is 0. The van der Waals surface area contributed by atoms with Gasteiger partial charge in [0.1, 0.15) is 5.60 Å². The van der Waals surface area contributed by atoms with E-state index in [9.17, 15) is 4.79 Å². The summed E-state index contributed by atoms with van der Waals surface area (Å²) in [5.74, 6) is -0.377. The van der Waals surface area contributed by atoms with Crippen molar-refractivity contribution < 1.29 is 14.4 Å². The number of primary amides is 1. The van der Waals surface area contributed by atoms with Gasteiger partial charge in [-0.05, 0) is 19.8 Å². The van der Waals surface area contributed by atoms with Crippen LogP contribution in [0.4, 0.5) is 5.69 Å². The van der Waals surface area contributed by atoms with Gasteiger partial charge in [-0.15, -0.1) is 0 Å². The van der Waals surface area contributed by atoms with E-state index in [4.69, 9.17) is 15.3 Å². The van der Waals surface area contributed by atoms with Gasteiger partial charge in [0, 0.05) is 62.7 Å². The lowest BCUT2D eigenvalue weighted by Gasteiger charge is -2.40. The lowest BCUT2D eigenvalue weighted by Crippen LogP contribution is -2.49. The summed E-state index contributed by atoms with van der Waals surface area (Å²) in [5.41, 5.74) is 8.70. The van der Waals surface area contributed by atoms with Gasteiger partial charge in [0.2, 0.25) is 5.91 Å². The number of aromatic nitrogens is 3. The first-order chi connectivity index (χ1) is 14.1. The van der Waals surface area contributed by atoms with E-state index in [0.29, 0.717) is 25.3 Å². The molecule has 2 aliphatic heterocycles. The third-order valence-electron chi connectivity index (χ3n) is 6.32. The molecule has 0 radical (unpaired) electrons. The predicted octanol–water partition coefficient (Wildman–Crippen LogP) is 1.80. The number of fused-ring (bicyclic) bond motifs is 1. The monoisotopic (exact) mass is 398 g/mol. The van der Waals surface area contributed by atoms with Gasteiger partial charge in [0.05, 0.1) is 23.0 Å². The molecule has 5 rings (SSSR count). The molecule has 0 unspecified atom stereocenters. The standard InChI is InChI=1S/C20H26N6O3/c1-2-26-19-15(11-23-26)17(24-13-3-5-28-6-4-13)14(10-22-19)16-9-20(29-25-16)7-12(8-20)18(21)27/h10-13H,2-9H2,1H3,(H2,21,27)(H,22,24). The SMILES string of the molecule is CCn1ncc2c(NC3CCOCC3)c(C3=NOC4(C3)CC(C(N)=O)C4)cnc21. The number of rotatable bonds is 5. The average Bonchev–Trinajstić information content (AvgIpc) is 3.32. The molecule has 1 spiro atoms. The highest BCUT2D eigenvalue weighted by Gasteiger charge is 2.53. The number of oxime groups is 1. The van der Waals surface area contributed by atoms with Crippen molar-refractivity contribution >= 4 is 28.3 Å². The molecule has 0 bridgehead atoms. The topological polar surface area (TPSA) is 117 Å². The number of ether oxygens (including phenoxy) is 1. The highest BCUT2D eigenvalue weighted by atomic mass is 16.7. The third kappa shape index (κ3) is 3.13. The van der Waals surface area contributed by atoms with E-state index >= 15 is 0 Å². The van der Waals surface area contributed by atoms with Crippen molar-refractivity contribution in [3.63, 3.8) is 0 Å². The molecule has 3 aliphatic rings. The number of nitrogens with two attached hydrogens (primary N) is 1. The Morgan fingerprint density at radius 3 is 2.86 bits per heavy atom. The number of carbonyl (C=O) groups is 1. The molecule has 1 saturated carbocycles. The Kier molecular flexibility index (Phi) is 4.42. The van der Waals surface area contributed by atoms with Crippen molar-refractivity contribution in [3.05, 3.63) is 18.0 Å². The van der Waals surface area contributed by atoms with E-state index < -0.39 is 5.60 Å². The van der Waals surface area contributed by atoms with Crippen LogP contribution in [0, 0.1) is 5.92 Å². The summed E-state index contributed by atoms with van der Waals surface area (Å²) in [4.78, 5) is 21.9. The normalized spacial score (nSPS) is 26.9. The van der Waals surface area contributed by atoms with Crippen molar-refractivity contribution in [2.24, 2.45) is 16.8 Å². The van der Waals surface area contributed by atoms with Crippen LogP contribution in [-0.2, 0) is 20.9 Å². The van der Waals surface area contributed by atoms with Crippen LogP contribution in [0.25, 0.3) is 11.0 Å². The van der Waals surface area contributed by atoms with Crippen LogP contribution in [0.3, 0.4) is 0 Å². The maximum absolute atomic E-state index is 11.4. The van der Waals surface area contributed by atoms with Crippen molar-refractivity contribution in [3.8, 4) is 0 Å². The van der Waals surface area contributed by atoms with Gasteiger partial charge in [-0.25, -0.2) is 9.67 Å². The van der Waals surface area contributed by atoms with E-state index in [1.54, 1.807) is 0 Å². The quantitative estimate of drug-likeness (QED) is 0.793. The molecule has 2 aromatic heterocycles. The molecule has 9 heteroatoms. The van der Waals surface area contributed by atoms with Crippen LogP contribution in [-0.4, -0.2) is 51.2 Å². The summed E-state index contributed by atoms with van der Waals surface area (Å²) in [6.45, 7) is 4.33. The Morgan fingerprint density at radius 1 is 1.34 bits per heavy atom. The van der Waals surface area contributed by atoms with E-state index in [-0.39, 0.29) is 11.8 Å². The minimum absolute atomic E-state index is 0.118. The first kappa shape index (κ1) is 18.4. The average molecular weight is 398 g/mol. The zero-order valence-electron chi connectivity index (χ0n) is 16.6. The van der Waals surface area contributed by atoms with Gasteiger partial charge < -0.3 is 20.6 Å². The molecule has 1 aliphatic carbocycles. The summed E-state index contributed by atoms with van der Waals surface area (Å²) >= 11 is 0. The second kappa shape index (κ2) is 6.98. The minimum Gasteiger partial charge on any atom is -0.388 e. The zero-order chi connectivity index (χ0) is 20.0. The molecule has 2 aromatic rings. The molecule has 0 aromatic carbocycles. The fraction of sp³-hybridized carbons (Fsp3) is 0.600. The number of amides is 1. The molecular formula is C20H26N6O3. The largest absolute Gasteiger partial charge is 0.388 e. The summed E-state index contributed by atoms with van der Waals surface area (Å²) in [6.07, 6.45) is 7.56. The van der Waals surface area contributed by atoms with Crippen LogP contribution in [0.1, 0.15) is 44.6 Å². The summed E-state index contributed by atoms with van der Waals surface area (Å²) in [5, 5.41) is 13.6. The Hall–Kier alpha value is -2.68. The van der Waals surface area contributed by atoms with Crippen LogP contribution in [0.2, 0.25) is 0 Å². The van der Waals surface area contributed by atoms with Gasteiger partial charge >= 0.3 is 0 Å². The first-order valence-corrected chi connectivity index (χ1v) is 10.3. The highest BCUT2D eigenvalue weighted by molar-refractivity contribution is 6.11. The predicted molar refractivity (Wildman–Crippen MR) is 108 cm³/mol. The van der Waals surface area contributed by atoms with Crippen molar-refractivity contribution in [1.29, 1.82) is 0 Å². The van der Waals surface area contributed by atoms with Crippen LogP contribution in [0.15, 0.2) is 17.5 Å². The first-order valence-electron chi connectivity index (χ1n) is 10.3. The van der Waals surface area contributed by atoms with Crippen molar-refractivity contribution in [2.45, 2.75) is 57.2 Å². The number of hydrogen-bond acceptors (Lipinski definition) is 7. The molecule has 1 saturated heterocycles. The van der Waals surface area contributed by atoms with E-state index in [0.717, 1.165) is 60.6 Å². The molecule has 9 nitrogen and oxygen atoms in total. The number of nitrogens with zero attached hydrogens (tertiary/aromatic N) is 4. The van der Waals surface area contributed by atoms with Crippen molar-refractivity contribution in [1.82, 2.24) is 14.8 Å². The molecule has 1 amide bonds. The van der Waals surface area contributed by atoms with E-state index in [2.05, 4.69) is 27.5 Å². The number of anilines is 1. The minimum atomic E-state index is -0.395. The van der Waals surface area contributed by atoms with Gasteiger partial charge in [0.15, 0.2) is 5.65 Å². The Morgan fingerprint density at radius 2 is 2.14 bits per heavy atom. The van der Waals surface area contributed by atoms with Gasteiger partial charge in [0.25, 0.3) is 0 Å². The molecule has 154 valence electrons. The van der Waals surface area contributed by atoms with Crippen LogP contribution >= 0.6 is 0 Å². The Balaban J connectivity index is 1.47. The van der Waals surface area contributed by atoms with E-state index in [1.165, 1.54) is 0 Å². The maximum Gasteiger partial charge on any atom is 0.220 e. The van der Waals surface area contributed by atoms with E-state index in [1.807, 2.05) is 17.1 Å². The molecule has 2 fully saturated rings. The Bertz CT molecular complexity index is 972. The second-order valence-corrected chi connectivity index (χ2v) is 8.27. The number of hydrogen-bond donors (Lipinski definition) is 2. The third-order valence-corrected chi connectivity index (χ3v) is 6.32. The lowest BCUT2D eigenvalue weighted by molar-refractivity contribution is -0.144. The Labute approximate surface area is 168 Å². The number of nitrogens with one attached hydrogen (secondary N) is 1. The summed E-state index contributed by atoms with van der Waals surface area (Å²) < 4.78 is 7.40. The highest BCUT2D eigenvalue weighted by Crippen LogP contribution is 2.47. The van der Waals surface area contributed by atoms with Crippen molar-refractivity contribution in [2.75, 3.05) is 18.5 Å². The number of aryl methyl sites for hydroxylation is 1. The second-order valence-electron chi connectivity index (χ2n) is 8.27. The molecule has 3 N–H and O–H groups in total. The van der Waals surface area contributed by atoms with Gasteiger partial charge in [-0.1, -0.05) is 5.16 Å². The fourth-order valence-corrected chi connectivity index (χ4v) is 4.60. The zero-order valence-corrected chi connectivity index (χ0v) is 16.6. The molecule has 29 heavy (non-hydrogen) atoms. The molecular weight excluding hydrogens is 372 g/mol. The van der Waals surface area contributed by atoms with Gasteiger partial charge in [-0.3, -0.25) is 4.79 Å². The fourth-order valence-electron chi connectivity index (χ4n) is 4.60. The molecule has 4 heterocycles. The van der Waals surface area contributed by atoms with Gasteiger partial charge in [-0.2, -0.15) is 5.10 Å². The number of pyridine rings is 1. The number of carbonyl (C=O) groups excluding carboxylic acids is 1.